The van der Waals surface area contributed by atoms with Crippen molar-refractivity contribution in [2.75, 3.05) is 7.05 Å². The van der Waals surface area contributed by atoms with Crippen LogP contribution in [0.3, 0.4) is 0 Å². The molecule has 0 aliphatic carbocycles. The van der Waals surface area contributed by atoms with E-state index in [-0.39, 0.29) is 11.8 Å². The van der Waals surface area contributed by atoms with Gasteiger partial charge in [0.05, 0.1) is 9.15 Å². The van der Waals surface area contributed by atoms with Crippen LogP contribution in [0.1, 0.15) is 5.56 Å². The molecule has 2 heterocycles. The number of para-hydroxylation sites is 1. The molecular formula is C14H11IN2O2. The number of imide groups is 1. The number of benzene rings is 1. The van der Waals surface area contributed by atoms with Gasteiger partial charge in [0, 0.05) is 36.8 Å². The fourth-order valence-corrected chi connectivity index (χ4v) is 3.27. The van der Waals surface area contributed by atoms with Crippen LogP contribution in [0.5, 0.6) is 0 Å². The van der Waals surface area contributed by atoms with E-state index in [0.29, 0.717) is 9.15 Å². The Hall–Kier alpha value is -1.63. The number of halogens is 1. The van der Waals surface area contributed by atoms with Crippen molar-refractivity contribution in [1.82, 2.24) is 9.47 Å². The minimum atomic E-state index is -0.231. The molecule has 5 heteroatoms. The normalized spacial score (nSPS) is 16.1. The number of rotatable bonds is 1. The molecule has 1 aliphatic rings. The Balaban J connectivity index is 2.32. The van der Waals surface area contributed by atoms with Crippen molar-refractivity contribution in [2.45, 2.75) is 0 Å². The number of hydrogen-bond donors (Lipinski definition) is 0. The first kappa shape index (κ1) is 12.4. The van der Waals surface area contributed by atoms with E-state index < -0.39 is 0 Å². The topological polar surface area (TPSA) is 42.3 Å². The van der Waals surface area contributed by atoms with Crippen LogP contribution in [0.15, 0.2) is 34.0 Å². The van der Waals surface area contributed by atoms with Gasteiger partial charge in [-0.25, -0.2) is 0 Å². The van der Waals surface area contributed by atoms with Gasteiger partial charge in [-0.05, 0) is 28.7 Å². The van der Waals surface area contributed by atoms with Crippen LogP contribution in [0, 0.1) is 0 Å². The lowest BCUT2D eigenvalue weighted by Crippen LogP contribution is -2.26. The molecule has 96 valence electrons. The first-order chi connectivity index (χ1) is 9.02. The average Bonchev–Trinajstić information content (AvgIpc) is 2.83. The molecule has 1 aliphatic heterocycles. The van der Waals surface area contributed by atoms with Crippen LogP contribution in [0.4, 0.5) is 0 Å². The number of carbonyl (C=O) groups is 2. The van der Waals surface area contributed by atoms with Crippen molar-refractivity contribution in [3.63, 3.8) is 0 Å². The van der Waals surface area contributed by atoms with Crippen molar-refractivity contribution in [3.8, 4) is 0 Å². The van der Waals surface area contributed by atoms with Gasteiger partial charge in [0.2, 0.25) is 0 Å². The molecule has 0 atom stereocenters. The largest absolute Gasteiger partial charge is 0.350 e. The molecule has 0 radical (unpaired) electrons. The quantitative estimate of drug-likeness (QED) is 0.574. The fraction of sp³-hybridized carbons (Fsp3) is 0.143. The van der Waals surface area contributed by atoms with Crippen LogP contribution < -0.4 is 0 Å². The molecule has 19 heavy (non-hydrogen) atoms. The Labute approximate surface area is 123 Å². The van der Waals surface area contributed by atoms with Gasteiger partial charge < -0.3 is 4.57 Å². The zero-order chi connectivity index (χ0) is 13.7. The minimum Gasteiger partial charge on any atom is -0.350 e. The Morgan fingerprint density at radius 3 is 2.37 bits per heavy atom. The van der Waals surface area contributed by atoms with Crippen LogP contribution >= 0.6 is 22.6 Å². The Morgan fingerprint density at radius 2 is 1.74 bits per heavy atom. The molecule has 0 unspecified atom stereocenters. The summed E-state index contributed by atoms with van der Waals surface area (Å²) in [5.41, 5.74) is 2.37. The molecule has 1 aromatic heterocycles. The first-order valence-corrected chi connectivity index (χ1v) is 6.87. The summed E-state index contributed by atoms with van der Waals surface area (Å²) in [6.07, 6.45) is 1.91. The number of nitrogens with zero attached hydrogens (tertiary/aromatic N) is 2. The summed E-state index contributed by atoms with van der Waals surface area (Å²) in [5, 5.41) is 0.991. The van der Waals surface area contributed by atoms with Gasteiger partial charge in [-0.1, -0.05) is 18.2 Å². The van der Waals surface area contributed by atoms with E-state index in [0.717, 1.165) is 16.5 Å². The molecule has 3 rings (SSSR count). The van der Waals surface area contributed by atoms with E-state index in [2.05, 4.69) is 0 Å². The van der Waals surface area contributed by atoms with Crippen LogP contribution in [0.2, 0.25) is 0 Å². The smallest absolute Gasteiger partial charge is 0.267 e. The molecule has 0 bridgehead atoms. The van der Waals surface area contributed by atoms with Crippen molar-refractivity contribution in [2.24, 2.45) is 7.05 Å². The second kappa shape index (κ2) is 4.19. The lowest BCUT2D eigenvalue weighted by atomic mass is 10.1. The van der Waals surface area contributed by atoms with Crippen molar-refractivity contribution in [1.29, 1.82) is 0 Å². The van der Waals surface area contributed by atoms with Crippen molar-refractivity contribution < 1.29 is 9.59 Å². The average molecular weight is 366 g/mol. The van der Waals surface area contributed by atoms with E-state index in [1.807, 2.05) is 64.7 Å². The standard InChI is InChI=1S/C14H11IN2O2/c1-16-7-9(8-5-3-4-6-10(8)16)11-12(15)14(19)17(2)13(11)18/h3-7H,1-2H3. The number of amides is 2. The number of aromatic nitrogens is 1. The maximum Gasteiger partial charge on any atom is 0.267 e. The maximum absolute atomic E-state index is 12.2. The number of fused-ring (bicyclic) bond motifs is 1. The van der Waals surface area contributed by atoms with E-state index in [1.54, 1.807) is 0 Å². The van der Waals surface area contributed by atoms with Crippen LogP contribution in [0.25, 0.3) is 16.5 Å². The molecule has 0 spiro atoms. The highest BCUT2D eigenvalue weighted by atomic mass is 127. The predicted molar refractivity (Wildman–Crippen MR) is 81.6 cm³/mol. The molecule has 0 saturated heterocycles. The summed E-state index contributed by atoms with van der Waals surface area (Å²) in [5.74, 6) is -0.459. The van der Waals surface area contributed by atoms with Gasteiger partial charge in [-0.15, -0.1) is 0 Å². The molecule has 4 nitrogen and oxygen atoms in total. The number of carbonyl (C=O) groups excluding carboxylic acids is 2. The fourth-order valence-electron chi connectivity index (χ4n) is 2.38. The van der Waals surface area contributed by atoms with Gasteiger partial charge >= 0.3 is 0 Å². The lowest BCUT2D eigenvalue weighted by molar-refractivity contribution is -0.134. The highest BCUT2D eigenvalue weighted by Gasteiger charge is 2.36. The predicted octanol–water partition coefficient (Wildman–Crippen LogP) is 2.32. The van der Waals surface area contributed by atoms with Gasteiger partial charge in [0.25, 0.3) is 11.8 Å². The molecule has 2 amide bonds. The van der Waals surface area contributed by atoms with E-state index in [9.17, 15) is 9.59 Å². The second-order valence-electron chi connectivity index (χ2n) is 4.53. The highest BCUT2D eigenvalue weighted by molar-refractivity contribution is 14.1. The van der Waals surface area contributed by atoms with Gasteiger partial charge in [0.1, 0.15) is 0 Å². The van der Waals surface area contributed by atoms with E-state index in [1.165, 1.54) is 11.9 Å². The third-order valence-electron chi connectivity index (χ3n) is 3.40. The summed E-state index contributed by atoms with van der Waals surface area (Å²) >= 11 is 1.95. The summed E-state index contributed by atoms with van der Waals surface area (Å²) in [4.78, 5) is 25.3. The monoisotopic (exact) mass is 366 g/mol. The highest BCUT2D eigenvalue weighted by Crippen LogP contribution is 2.36. The minimum absolute atomic E-state index is 0.228. The van der Waals surface area contributed by atoms with E-state index >= 15 is 0 Å². The van der Waals surface area contributed by atoms with Gasteiger partial charge in [-0.2, -0.15) is 0 Å². The van der Waals surface area contributed by atoms with Gasteiger partial charge in [-0.3, -0.25) is 14.5 Å². The zero-order valence-corrected chi connectivity index (χ0v) is 12.6. The number of hydrogen-bond acceptors (Lipinski definition) is 2. The van der Waals surface area contributed by atoms with Gasteiger partial charge in [0.15, 0.2) is 0 Å². The van der Waals surface area contributed by atoms with Crippen LogP contribution in [-0.2, 0) is 16.6 Å². The molecule has 1 aromatic carbocycles. The summed E-state index contributed by atoms with van der Waals surface area (Å²) < 4.78 is 2.46. The SMILES string of the molecule is CN1C(=O)C(I)=C(c2cn(C)c3ccccc23)C1=O. The van der Waals surface area contributed by atoms with Crippen molar-refractivity contribution in [3.05, 3.63) is 39.6 Å². The molecule has 0 fully saturated rings. The molecule has 2 aromatic rings. The lowest BCUT2D eigenvalue weighted by Gasteiger charge is -2.05. The summed E-state index contributed by atoms with van der Waals surface area (Å²) in [6.45, 7) is 0. The Bertz CT molecular complexity index is 758. The first-order valence-electron chi connectivity index (χ1n) is 5.79. The third kappa shape index (κ3) is 1.64. The number of aryl methyl sites for hydroxylation is 1. The van der Waals surface area contributed by atoms with E-state index in [4.69, 9.17) is 0 Å². The zero-order valence-electron chi connectivity index (χ0n) is 10.5. The molecule has 0 saturated carbocycles. The molecular weight excluding hydrogens is 355 g/mol. The second-order valence-corrected chi connectivity index (χ2v) is 5.61. The third-order valence-corrected chi connectivity index (χ3v) is 4.40. The summed E-state index contributed by atoms with van der Waals surface area (Å²) in [6, 6.07) is 7.86. The molecule has 0 N–H and O–H groups in total. The maximum atomic E-state index is 12.2. The van der Waals surface area contributed by atoms with Crippen LogP contribution in [-0.4, -0.2) is 28.3 Å². The summed E-state index contributed by atoms with van der Waals surface area (Å²) in [7, 11) is 3.45. The number of likely N-dealkylation sites (N-methyl/N-ethyl adjacent to an activating group) is 1. The Kier molecular flexibility index (Phi) is 2.74. The Morgan fingerprint density at radius 1 is 1.05 bits per heavy atom. The van der Waals surface area contributed by atoms with Crippen molar-refractivity contribution >= 4 is 50.9 Å².